The highest BCUT2D eigenvalue weighted by Gasteiger charge is 2.42. The van der Waals surface area contributed by atoms with Crippen molar-refractivity contribution < 1.29 is 36.3 Å². The number of anilines is 2. The number of Topliss-reactive ketones (excluding diaryl/α,β-unsaturated/α-hetero) is 1. The lowest BCUT2D eigenvalue weighted by Gasteiger charge is -2.46. The summed E-state index contributed by atoms with van der Waals surface area (Å²) in [6.45, 7) is 1.17. The Balaban J connectivity index is 1.50. The van der Waals surface area contributed by atoms with Gasteiger partial charge in [0.25, 0.3) is 0 Å². The van der Waals surface area contributed by atoms with E-state index in [1.165, 1.54) is 48.4 Å². The van der Waals surface area contributed by atoms with E-state index in [4.69, 9.17) is 4.74 Å². The second-order valence-corrected chi connectivity index (χ2v) is 10.4. The number of piperazine rings is 1. The molecule has 0 amide bonds. The molecule has 12 heteroatoms. The maximum Gasteiger partial charge on any atom is 0.416 e. The molecule has 0 bridgehead atoms. The fourth-order valence-corrected chi connectivity index (χ4v) is 6.12. The lowest BCUT2D eigenvalue weighted by atomic mass is 9.95. The standard InChI is InChI=1S/C30H25F5N4O3/c1-42-27-8-5-18(30(33,34)35)13-26(27)39-25(14-21(41)16-40)22-3-2-4-23(32)28(22)36-29(39)37-9-10-38-20(15-37)12-17-11-19(31)6-7-24(17)38/h2-8,11,13,16,20,25H,9-10,12,14-15H2,1H3. The maximum absolute atomic E-state index is 15.2. The van der Waals surface area contributed by atoms with Gasteiger partial charge in [-0.1, -0.05) is 12.1 Å². The summed E-state index contributed by atoms with van der Waals surface area (Å²) in [5.41, 5.74) is 0.946. The number of hydrogen-bond acceptors (Lipinski definition) is 7. The minimum absolute atomic E-state index is 0.0381. The molecule has 1 fully saturated rings. The number of para-hydroxylation sites is 1. The van der Waals surface area contributed by atoms with Crippen LogP contribution >= 0.6 is 0 Å². The number of rotatable bonds is 5. The number of aldehydes is 1. The van der Waals surface area contributed by atoms with E-state index in [-0.39, 0.29) is 46.8 Å². The third kappa shape index (κ3) is 4.74. The topological polar surface area (TPSA) is 65.5 Å². The van der Waals surface area contributed by atoms with Gasteiger partial charge in [-0.05, 0) is 54.4 Å². The number of guanidine groups is 1. The summed E-state index contributed by atoms with van der Waals surface area (Å²) < 4.78 is 76.3. The highest BCUT2D eigenvalue weighted by Crippen LogP contribution is 2.46. The summed E-state index contributed by atoms with van der Waals surface area (Å²) in [6, 6.07) is 10.6. The molecule has 3 aliphatic heterocycles. The summed E-state index contributed by atoms with van der Waals surface area (Å²) in [7, 11) is 1.31. The first-order valence-electron chi connectivity index (χ1n) is 13.3. The number of aliphatic imine (C=N–C) groups is 1. The minimum Gasteiger partial charge on any atom is -0.495 e. The van der Waals surface area contributed by atoms with Crippen LogP contribution in [0.4, 0.5) is 39.0 Å². The number of carbonyl (C=O) groups is 2. The highest BCUT2D eigenvalue weighted by atomic mass is 19.4. The van der Waals surface area contributed by atoms with E-state index in [9.17, 15) is 27.2 Å². The Morgan fingerprint density at radius 1 is 1.07 bits per heavy atom. The Bertz CT molecular complexity index is 1610. The smallest absolute Gasteiger partial charge is 0.416 e. The molecule has 7 nitrogen and oxygen atoms in total. The SMILES string of the molecule is COc1ccc(C(F)(F)F)cc1N1C(N2CCN3c4ccc(F)cc4CC3C2)=Nc2c(F)cccc2C1CC(=O)C=O. The Morgan fingerprint density at radius 3 is 2.62 bits per heavy atom. The van der Waals surface area contributed by atoms with Gasteiger partial charge < -0.3 is 19.4 Å². The van der Waals surface area contributed by atoms with Gasteiger partial charge in [-0.25, -0.2) is 13.8 Å². The monoisotopic (exact) mass is 584 g/mol. The number of hydrogen-bond donors (Lipinski definition) is 0. The average Bonchev–Trinajstić information content (AvgIpc) is 3.33. The predicted molar refractivity (Wildman–Crippen MR) is 145 cm³/mol. The molecule has 3 aromatic rings. The van der Waals surface area contributed by atoms with Crippen LogP contribution in [-0.2, 0) is 22.2 Å². The van der Waals surface area contributed by atoms with E-state index in [1.807, 2.05) is 4.90 Å². The zero-order valence-corrected chi connectivity index (χ0v) is 22.4. The molecular formula is C30H25F5N4O3. The average molecular weight is 585 g/mol. The van der Waals surface area contributed by atoms with Crippen molar-refractivity contribution in [2.45, 2.75) is 31.1 Å². The van der Waals surface area contributed by atoms with Gasteiger partial charge in [0.05, 0.1) is 30.4 Å². The van der Waals surface area contributed by atoms with Crippen molar-refractivity contribution in [3.8, 4) is 5.75 Å². The number of fused-ring (bicyclic) bond motifs is 4. The van der Waals surface area contributed by atoms with Gasteiger partial charge in [0.2, 0.25) is 5.96 Å². The van der Waals surface area contributed by atoms with Crippen LogP contribution < -0.4 is 14.5 Å². The summed E-state index contributed by atoms with van der Waals surface area (Å²) in [5.74, 6) is -1.64. The van der Waals surface area contributed by atoms with E-state index in [2.05, 4.69) is 9.89 Å². The number of carbonyl (C=O) groups excluding carboxylic acids is 2. The van der Waals surface area contributed by atoms with E-state index < -0.39 is 35.8 Å². The van der Waals surface area contributed by atoms with Gasteiger partial charge in [-0.3, -0.25) is 9.59 Å². The number of alkyl halides is 3. The molecule has 2 atom stereocenters. The molecular weight excluding hydrogens is 559 g/mol. The van der Waals surface area contributed by atoms with E-state index in [0.717, 1.165) is 23.4 Å². The fourth-order valence-electron chi connectivity index (χ4n) is 6.12. The number of benzene rings is 3. The van der Waals surface area contributed by atoms with Crippen LogP contribution in [0.2, 0.25) is 0 Å². The lowest BCUT2D eigenvalue weighted by Crippen LogP contribution is -2.58. The molecule has 42 heavy (non-hydrogen) atoms. The molecule has 0 aromatic heterocycles. The molecule has 1 saturated heterocycles. The normalized spacial score (nSPS) is 19.6. The fraction of sp³-hybridized carbons (Fsp3) is 0.300. The molecule has 6 rings (SSSR count). The second kappa shape index (κ2) is 10.4. The first-order chi connectivity index (χ1) is 20.1. The first kappa shape index (κ1) is 27.7. The highest BCUT2D eigenvalue weighted by molar-refractivity contribution is 6.25. The van der Waals surface area contributed by atoms with Crippen molar-refractivity contribution in [2.75, 3.05) is 36.5 Å². The molecule has 0 saturated carbocycles. The molecule has 218 valence electrons. The third-order valence-electron chi connectivity index (χ3n) is 7.98. The zero-order chi connectivity index (χ0) is 29.8. The lowest BCUT2D eigenvalue weighted by molar-refractivity contribution is -0.137. The molecule has 0 radical (unpaired) electrons. The quantitative estimate of drug-likeness (QED) is 0.226. The van der Waals surface area contributed by atoms with Crippen LogP contribution in [0, 0.1) is 11.6 Å². The van der Waals surface area contributed by atoms with Gasteiger partial charge in [-0.2, -0.15) is 13.2 Å². The van der Waals surface area contributed by atoms with Crippen LogP contribution in [-0.4, -0.2) is 55.7 Å². The maximum atomic E-state index is 15.2. The number of ketones is 1. The number of methoxy groups -OCH3 is 1. The van der Waals surface area contributed by atoms with Gasteiger partial charge >= 0.3 is 6.18 Å². The number of ether oxygens (including phenoxy) is 1. The van der Waals surface area contributed by atoms with Crippen LogP contribution in [0.25, 0.3) is 0 Å². The van der Waals surface area contributed by atoms with Crippen molar-refractivity contribution in [3.05, 3.63) is 82.9 Å². The molecule has 3 aromatic carbocycles. The van der Waals surface area contributed by atoms with E-state index >= 15 is 4.39 Å². The third-order valence-corrected chi connectivity index (χ3v) is 7.98. The van der Waals surface area contributed by atoms with Crippen molar-refractivity contribution in [3.63, 3.8) is 0 Å². The Labute approximate surface area is 237 Å². The van der Waals surface area contributed by atoms with Crippen molar-refractivity contribution in [1.82, 2.24) is 4.90 Å². The van der Waals surface area contributed by atoms with Crippen LogP contribution in [0.15, 0.2) is 59.6 Å². The summed E-state index contributed by atoms with van der Waals surface area (Å²) in [6.07, 6.45) is -4.46. The summed E-state index contributed by atoms with van der Waals surface area (Å²) >= 11 is 0. The molecule has 3 aliphatic rings. The van der Waals surface area contributed by atoms with Crippen molar-refractivity contribution in [2.24, 2.45) is 4.99 Å². The summed E-state index contributed by atoms with van der Waals surface area (Å²) in [4.78, 5) is 34.0. The Kier molecular flexibility index (Phi) is 6.86. The molecule has 0 N–H and O–H groups in total. The van der Waals surface area contributed by atoms with Crippen LogP contribution in [0.3, 0.4) is 0 Å². The van der Waals surface area contributed by atoms with Gasteiger partial charge in [0.1, 0.15) is 23.1 Å². The first-order valence-corrected chi connectivity index (χ1v) is 13.3. The van der Waals surface area contributed by atoms with Crippen molar-refractivity contribution in [1.29, 1.82) is 0 Å². The minimum atomic E-state index is -4.69. The van der Waals surface area contributed by atoms with Gasteiger partial charge in [0, 0.05) is 37.3 Å². The molecule has 2 unspecified atom stereocenters. The van der Waals surface area contributed by atoms with E-state index in [0.29, 0.717) is 26.1 Å². The van der Waals surface area contributed by atoms with Gasteiger partial charge in [-0.15, -0.1) is 0 Å². The summed E-state index contributed by atoms with van der Waals surface area (Å²) in [5, 5.41) is 0. The molecule has 3 heterocycles. The second-order valence-electron chi connectivity index (χ2n) is 10.4. The van der Waals surface area contributed by atoms with Crippen LogP contribution in [0.1, 0.15) is 29.2 Å². The van der Waals surface area contributed by atoms with Crippen molar-refractivity contribution >= 4 is 35.1 Å². The van der Waals surface area contributed by atoms with Gasteiger partial charge in [0.15, 0.2) is 12.1 Å². The number of nitrogens with zero attached hydrogens (tertiary/aromatic N) is 4. The van der Waals surface area contributed by atoms with E-state index in [1.54, 1.807) is 6.07 Å². The Morgan fingerprint density at radius 2 is 1.88 bits per heavy atom. The predicted octanol–water partition coefficient (Wildman–Crippen LogP) is 5.45. The zero-order valence-electron chi connectivity index (χ0n) is 22.4. The molecule has 0 spiro atoms. The van der Waals surface area contributed by atoms with Crippen LogP contribution in [0.5, 0.6) is 5.75 Å². The molecule has 0 aliphatic carbocycles. The largest absolute Gasteiger partial charge is 0.495 e. The number of halogens is 5. The Hall–Kier alpha value is -4.48.